The molecule has 2 aromatic rings. The molecule has 2 aromatic carbocycles. The van der Waals surface area contributed by atoms with Gasteiger partial charge < -0.3 is 5.32 Å². The lowest BCUT2D eigenvalue weighted by molar-refractivity contribution is -0.127. The quantitative estimate of drug-likeness (QED) is 0.519. The predicted octanol–water partition coefficient (Wildman–Crippen LogP) is 3.15. The van der Waals surface area contributed by atoms with Crippen molar-refractivity contribution in [1.29, 1.82) is 0 Å². The molecule has 2 fully saturated rings. The first-order valence-electron chi connectivity index (χ1n) is 12.3. The minimum Gasteiger partial charge on any atom is -0.351 e. The summed E-state index contributed by atoms with van der Waals surface area (Å²) in [6.45, 7) is 2.17. The van der Waals surface area contributed by atoms with Gasteiger partial charge in [-0.25, -0.2) is 4.39 Å². The molecular weight excluding hydrogens is 483 g/mol. The highest BCUT2D eigenvalue weighted by Gasteiger charge is 2.39. The summed E-state index contributed by atoms with van der Waals surface area (Å²) in [5.41, 5.74) is 1.57. The van der Waals surface area contributed by atoms with Crippen LogP contribution in [0.25, 0.3) is 0 Å². The van der Waals surface area contributed by atoms with E-state index in [0.29, 0.717) is 18.7 Å². The number of likely N-dealkylation sites (N-methyl/N-ethyl adjacent to an activating group) is 1. The number of hydrogen-bond acceptors (Lipinski definition) is 4. The largest absolute Gasteiger partial charge is 0.351 e. The molecule has 4 rings (SSSR count). The van der Waals surface area contributed by atoms with Gasteiger partial charge in [-0.3, -0.25) is 14.5 Å². The van der Waals surface area contributed by atoms with E-state index in [1.807, 2.05) is 19.1 Å². The minimum atomic E-state index is -3.78. The maximum atomic E-state index is 14.3. The highest BCUT2D eigenvalue weighted by molar-refractivity contribution is 7.87. The van der Waals surface area contributed by atoms with Crippen LogP contribution in [0, 0.1) is 12.7 Å². The molecule has 1 aliphatic heterocycles. The van der Waals surface area contributed by atoms with E-state index in [4.69, 9.17) is 0 Å². The van der Waals surface area contributed by atoms with Crippen molar-refractivity contribution >= 4 is 27.7 Å². The Morgan fingerprint density at radius 3 is 2.42 bits per heavy atom. The summed E-state index contributed by atoms with van der Waals surface area (Å²) < 4.78 is 41.9. The molecule has 0 unspecified atom stereocenters. The Hall–Kier alpha value is -2.82. The molecule has 1 aliphatic carbocycles. The Balaban J connectivity index is 1.74. The van der Waals surface area contributed by atoms with Crippen LogP contribution in [-0.4, -0.2) is 61.6 Å². The van der Waals surface area contributed by atoms with Crippen molar-refractivity contribution in [1.82, 2.24) is 13.9 Å². The number of benzene rings is 2. The van der Waals surface area contributed by atoms with Gasteiger partial charge in [-0.2, -0.15) is 17.0 Å². The van der Waals surface area contributed by atoms with Crippen LogP contribution in [0.4, 0.5) is 10.1 Å². The third-order valence-corrected chi connectivity index (χ3v) is 8.72. The Morgan fingerprint density at radius 2 is 1.78 bits per heavy atom. The van der Waals surface area contributed by atoms with Crippen molar-refractivity contribution in [2.24, 2.45) is 0 Å². The highest BCUT2D eigenvalue weighted by atomic mass is 32.2. The van der Waals surface area contributed by atoms with E-state index in [0.717, 1.165) is 42.0 Å². The highest BCUT2D eigenvalue weighted by Crippen LogP contribution is 2.31. The standard InChI is InChI=1S/C26H33FN4O4S/c1-19-9-6-7-14-23(19)25(26(33)28-21-11-4-3-5-12-21)31(22-13-8-10-20(27)17-22)24(32)18-29(2)36(34,35)30-15-16-30/h6-10,13-14,17,21,25H,3-5,11-12,15-16,18H2,1-2H3,(H,28,33)/t25-/m1/s1. The first kappa shape index (κ1) is 26.2. The molecule has 1 N–H and O–H groups in total. The van der Waals surface area contributed by atoms with Crippen molar-refractivity contribution < 1.29 is 22.4 Å². The van der Waals surface area contributed by atoms with Crippen molar-refractivity contribution in [2.75, 3.05) is 31.6 Å². The lowest BCUT2D eigenvalue weighted by Gasteiger charge is -2.35. The van der Waals surface area contributed by atoms with Gasteiger partial charge in [0.15, 0.2) is 0 Å². The second kappa shape index (κ2) is 11.1. The molecule has 0 spiro atoms. The third kappa shape index (κ3) is 5.93. The van der Waals surface area contributed by atoms with Crippen molar-refractivity contribution in [3.63, 3.8) is 0 Å². The molecular formula is C26H33FN4O4S. The average molecular weight is 517 g/mol. The van der Waals surface area contributed by atoms with Crippen LogP contribution in [0.15, 0.2) is 48.5 Å². The number of hydrogen-bond donors (Lipinski definition) is 1. The topological polar surface area (TPSA) is 89.8 Å². The molecule has 1 heterocycles. The fourth-order valence-electron chi connectivity index (χ4n) is 4.70. The molecule has 2 amide bonds. The van der Waals surface area contributed by atoms with E-state index < -0.39 is 34.5 Å². The molecule has 194 valence electrons. The number of amides is 2. The van der Waals surface area contributed by atoms with Gasteiger partial charge in [0.1, 0.15) is 11.9 Å². The third-order valence-electron chi connectivity index (χ3n) is 6.78. The zero-order valence-corrected chi connectivity index (χ0v) is 21.5. The van der Waals surface area contributed by atoms with E-state index in [-0.39, 0.29) is 17.6 Å². The molecule has 0 radical (unpaired) electrons. The van der Waals surface area contributed by atoms with Crippen LogP contribution in [-0.2, 0) is 19.8 Å². The molecule has 0 bridgehead atoms. The molecule has 0 aromatic heterocycles. The lowest BCUT2D eigenvalue weighted by atomic mass is 9.93. The number of nitrogens with one attached hydrogen (secondary N) is 1. The van der Waals surface area contributed by atoms with E-state index in [9.17, 15) is 22.4 Å². The molecule has 8 nitrogen and oxygen atoms in total. The Morgan fingerprint density at radius 1 is 1.08 bits per heavy atom. The molecule has 36 heavy (non-hydrogen) atoms. The number of carbonyl (C=O) groups excluding carboxylic acids is 2. The number of carbonyl (C=O) groups is 2. The van der Waals surface area contributed by atoms with E-state index >= 15 is 0 Å². The average Bonchev–Trinajstić information content (AvgIpc) is 3.70. The van der Waals surface area contributed by atoms with Gasteiger partial charge in [-0.1, -0.05) is 49.6 Å². The second-order valence-corrected chi connectivity index (χ2v) is 11.5. The van der Waals surface area contributed by atoms with Gasteiger partial charge in [-0.05, 0) is 49.1 Å². The second-order valence-electron chi connectivity index (χ2n) is 9.51. The van der Waals surface area contributed by atoms with Gasteiger partial charge >= 0.3 is 0 Å². The zero-order chi connectivity index (χ0) is 25.9. The molecule has 1 atom stereocenters. The Labute approximate surface area is 212 Å². The van der Waals surface area contributed by atoms with Crippen LogP contribution >= 0.6 is 0 Å². The van der Waals surface area contributed by atoms with Crippen molar-refractivity contribution in [2.45, 2.75) is 51.1 Å². The summed E-state index contributed by atoms with van der Waals surface area (Å²) in [5, 5.41) is 3.11. The summed E-state index contributed by atoms with van der Waals surface area (Å²) in [4.78, 5) is 28.8. The Kier molecular flexibility index (Phi) is 8.07. The smallest absolute Gasteiger partial charge is 0.282 e. The number of aryl methyl sites for hydroxylation is 1. The predicted molar refractivity (Wildman–Crippen MR) is 136 cm³/mol. The number of anilines is 1. The van der Waals surface area contributed by atoms with Gasteiger partial charge in [-0.15, -0.1) is 0 Å². The van der Waals surface area contributed by atoms with Crippen LogP contribution in [0.2, 0.25) is 0 Å². The number of halogens is 1. The minimum absolute atomic E-state index is 0.00653. The van der Waals surface area contributed by atoms with E-state index in [1.54, 1.807) is 18.2 Å². The van der Waals surface area contributed by atoms with Crippen molar-refractivity contribution in [3.05, 3.63) is 65.5 Å². The molecule has 1 saturated carbocycles. The molecule has 1 saturated heterocycles. The van der Waals surface area contributed by atoms with Crippen LogP contribution in [0.5, 0.6) is 0 Å². The van der Waals surface area contributed by atoms with E-state index in [2.05, 4.69) is 5.32 Å². The van der Waals surface area contributed by atoms with Gasteiger partial charge in [0.25, 0.3) is 10.2 Å². The maximum absolute atomic E-state index is 14.3. The Bertz CT molecular complexity index is 1210. The lowest BCUT2D eigenvalue weighted by Crippen LogP contribution is -2.50. The summed E-state index contributed by atoms with van der Waals surface area (Å²) >= 11 is 0. The normalized spacial score (nSPS) is 17.6. The zero-order valence-electron chi connectivity index (χ0n) is 20.7. The summed E-state index contributed by atoms with van der Waals surface area (Å²) in [5.74, 6) is -1.56. The monoisotopic (exact) mass is 516 g/mol. The maximum Gasteiger partial charge on any atom is 0.282 e. The van der Waals surface area contributed by atoms with Crippen molar-refractivity contribution in [3.8, 4) is 0 Å². The SMILES string of the molecule is Cc1ccccc1[C@H](C(=O)NC1CCCCC1)N(C(=O)CN(C)S(=O)(=O)N1CC1)c1cccc(F)c1. The fourth-order valence-corrected chi connectivity index (χ4v) is 5.91. The summed E-state index contributed by atoms with van der Waals surface area (Å²) in [6, 6.07) is 11.6. The van der Waals surface area contributed by atoms with Crippen LogP contribution < -0.4 is 10.2 Å². The first-order valence-corrected chi connectivity index (χ1v) is 13.7. The summed E-state index contributed by atoms with van der Waals surface area (Å²) in [6.07, 6.45) is 4.88. The first-order chi connectivity index (χ1) is 17.2. The van der Waals surface area contributed by atoms with Gasteiger partial charge in [0.05, 0.1) is 6.54 Å². The number of rotatable bonds is 9. The van der Waals surface area contributed by atoms with Crippen LogP contribution in [0.1, 0.15) is 49.3 Å². The fraction of sp³-hybridized carbons (Fsp3) is 0.462. The summed E-state index contributed by atoms with van der Waals surface area (Å²) in [7, 11) is -2.45. The number of nitrogens with zero attached hydrogens (tertiary/aromatic N) is 3. The van der Waals surface area contributed by atoms with Gasteiger partial charge in [0.2, 0.25) is 11.8 Å². The van der Waals surface area contributed by atoms with E-state index in [1.165, 1.54) is 34.5 Å². The molecule has 10 heteroatoms. The van der Waals surface area contributed by atoms with Crippen LogP contribution in [0.3, 0.4) is 0 Å². The van der Waals surface area contributed by atoms with Gasteiger partial charge in [0, 0.05) is 31.9 Å². The molecule has 2 aliphatic rings.